The molecule has 1 unspecified atom stereocenters. The molecule has 0 aromatic carbocycles. The Balaban J connectivity index is 4.05. The Morgan fingerprint density at radius 1 is 1.07 bits per heavy atom. The molecule has 15 heavy (non-hydrogen) atoms. The van der Waals surface area contributed by atoms with Crippen LogP contribution < -0.4 is 5.32 Å². The molecule has 1 N–H and O–H groups in total. The zero-order chi connectivity index (χ0) is 12.1. The SMILES string of the molecule is CCCC(CNC(C)(C)C)OC(C)(C)C. The Labute approximate surface area is 95.8 Å². The summed E-state index contributed by atoms with van der Waals surface area (Å²) < 4.78 is 6.01. The van der Waals surface area contributed by atoms with Crippen molar-refractivity contribution in [1.82, 2.24) is 5.32 Å². The molecule has 1 atom stereocenters. The normalized spacial score (nSPS) is 15.4. The Morgan fingerprint density at radius 3 is 1.93 bits per heavy atom. The van der Waals surface area contributed by atoms with Crippen LogP contribution >= 0.6 is 0 Å². The van der Waals surface area contributed by atoms with Crippen LogP contribution in [0.5, 0.6) is 0 Å². The van der Waals surface area contributed by atoms with E-state index in [2.05, 4.69) is 53.8 Å². The maximum atomic E-state index is 6.01. The van der Waals surface area contributed by atoms with Gasteiger partial charge >= 0.3 is 0 Å². The molecule has 0 radical (unpaired) electrons. The molecule has 0 bridgehead atoms. The Morgan fingerprint density at radius 2 is 1.60 bits per heavy atom. The highest BCUT2D eigenvalue weighted by atomic mass is 16.5. The quantitative estimate of drug-likeness (QED) is 0.759. The van der Waals surface area contributed by atoms with E-state index in [0.717, 1.165) is 13.0 Å². The van der Waals surface area contributed by atoms with E-state index in [1.165, 1.54) is 6.42 Å². The Kier molecular flexibility index (Phi) is 5.82. The van der Waals surface area contributed by atoms with Crippen LogP contribution in [0.4, 0.5) is 0 Å². The summed E-state index contributed by atoms with van der Waals surface area (Å²) in [6.45, 7) is 16.1. The summed E-state index contributed by atoms with van der Waals surface area (Å²) in [6, 6.07) is 0. The average molecular weight is 215 g/mol. The van der Waals surface area contributed by atoms with Gasteiger partial charge in [0, 0.05) is 12.1 Å². The zero-order valence-corrected chi connectivity index (χ0v) is 11.6. The molecule has 0 saturated carbocycles. The standard InChI is InChI=1S/C13H29NO/c1-8-9-11(15-13(5,6)7)10-14-12(2,3)4/h11,14H,8-10H2,1-7H3. The molecule has 0 amide bonds. The van der Waals surface area contributed by atoms with E-state index in [0.29, 0.717) is 6.10 Å². The maximum Gasteiger partial charge on any atom is 0.0706 e. The first-order valence-corrected chi connectivity index (χ1v) is 6.07. The molecule has 0 spiro atoms. The fourth-order valence-electron chi connectivity index (χ4n) is 1.44. The number of hydrogen-bond acceptors (Lipinski definition) is 2. The van der Waals surface area contributed by atoms with Gasteiger partial charge in [-0.1, -0.05) is 13.3 Å². The number of nitrogens with one attached hydrogen (secondary N) is 1. The van der Waals surface area contributed by atoms with Crippen LogP contribution in [0.15, 0.2) is 0 Å². The summed E-state index contributed by atoms with van der Waals surface area (Å²) in [6.07, 6.45) is 2.63. The summed E-state index contributed by atoms with van der Waals surface area (Å²) in [5.41, 5.74) is 0.132. The van der Waals surface area contributed by atoms with Gasteiger partial charge in [0.1, 0.15) is 0 Å². The third-order valence-electron chi connectivity index (χ3n) is 1.99. The second kappa shape index (κ2) is 5.86. The van der Waals surface area contributed by atoms with E-state index in [1.807, 2.05) is 0 Å². The van der Waals surface area contributed by atoms with E-state index < -0.39 is 0 Å². The van der Waals surface area contributed by atoms with Crippen LogP contribution in [-0.4, -0.2) is 23.8 Å². The van der Waals surface area contributed by atoms with Gasteiger partial charge in [0.25, 0.3) is 0 Å². The molecule has 0 heterocycles. The highest BCUT2D eigenvalue weighted by molar-refractivity contribution is 4.75. The van der Waals surface area contributed by atoms with Crippen molar-refractivity contribution in [3.05, 3.63) is 0 Å². The van der Waals surface area contributed by atoms with Gasteiger partial charge in [-0.15, -0.1) is 0 Å². The molecule has 2 nitrogen and oxygen atoms in total. The van der Waals surface area contributed by atoms with Gasteiger partial charge in [0.05, 0.1) is 11.7 Å². The van der Waals surface area contributed by atoms with Crippen LogP contribution in [0.3, 0.4) is 0 Å². The van der Waals surface area contributed by atoms with E-state index in [9.17, 15) is 0 Å². The van der Waals surface area contributed by atoms with Crippen LogP contribution in [0.1, 0.15) is 61.3 Å². The molecule has 2 heteroatoms. The lowest BCUT2D eigenvalue weighted by Crippen LogP contribution is -2.43. The molecule has 0 aromatic heterocycles. The van der Waals surface area contributed by atoms with Crippen molar-refractivity contribution in [2.24, 2.45) is 0 Å². The first kappa shape index (κ1) is 14.9. The van der Waals surface area contributed by atoms with E-state index >= 15 is 0 Å². The fraction of sp³-hybridized carbons (Fsp3) is 1.00. The molecule has 0 aromatic rings. The molecular formula is C13H29NO. The minimum absolute atomic E-state index is 0.0423. The number of hydrogen-bond donors (Lipinski definition) is 1. The average Bonchev–Trinajstić information content (AvgIpc) is 1.96. The predicted octanol–water partition coefficient (Wildman–Crippen LogP) is 3.36. The molecule has 0 fully saturated rings. The minimum atomic E-state index is -0.0423. The number of ether oxygens (including phenoxy) is 1. The number of rotatable bonds is 5. The van der Waals surface area contributed by atoms with Crippen molar-refractivity contribution in [3.8, 4) is 0 Å². The van der Waals surface area contributed by atoms with E-state index in [1.54, 1.807) is 0 Å². The third-order valence-corrected chi connectivity index (χ3v) is 1.99. The minimum Gasteiger partial charge on any atom is -0.371 e. The monoisotopic (exact) mass is 215 g/mol. The molecule has 0 saturated heterocycles. The predicted molar refractivity (Wildman–Crippen MR) is 67.3 cm³/mol. The first-order valence-electron chi connectivity index (χ1n) is 6.07. The molecule has 92 valence electrons. The summed E-state index contributed by atoms with van der Waals surface area (Å²) in [5, 5.41) is 3.50. The summed E-state index contributed by atoms with van der Waals surface area (Å²) in [4.78, 5) is 0. The van der Waals surface area contributed by atoms with Crippen molar-refractivity contribution in [3.63, 3.8) is 0 Å². The van der Waals surface area contributed by atoms with Crippen LogP contribution in [-0.2, 0) is 4.74 Å². The zero-order valence-electron chi connectivity index (χ0n) is 11.6. The third kappa shape index (κ3) is 10.2. The molecular weight excluding hydrogens is 186 g/mol. The highest BCUT2D eigenvalue weighted by Gasteiger charge is 2.19. The van der Waals surface area contributed by atoms with Gasteiger partial charge in [-0.25, -0.2) is 0 Å². The van der Waals surface area contributed by atoms with Crippen molar-refractivity contribution in [1.29, 1.82) is 0 Å². The van der Waals surface area contributed by atoms with Gasteiger partial charge in [0.2, 0.25) is 0 Å². The van der Waals surface area contributed by atoms with Crippen molar-refractivity contribution < 1.29 is 4.74 Å². The van der Waals surface area contributed by atoms with Crippen LogP contribution in [0.2, 0.25) is 0 Å². The smallest absolute Gasteiger partial charge is 0.0706 e. The van der Waals surface area contributed by atoms with E-state index in [-0.39, 0.29) is 11.1 Å². The Bertz CT molecular complexity index is 164. The largest absolute Gasteiger partial charge is 0.371 e. The van der Waals surface area contributed by atoms with Crippen molar-refractivity contribution in [2.75, 3.05) is 6.54 Å². The molecule has 0 aliphatic carbocycles. The highest BCUT2D eigenvalue weighted by Crippen LogP contribution is 2.14. The van der Waals surface area contributed by atoms with Crippen LogP contribution in [0, 0.1) is 0 Å². The van der Waals surface area contributed by atoms with Crippen molar-refractivity contribution >= 4 is 0 Å². The molecule has 0 aliphatic rings. The second-order valence-electron chi connectivity index (χ2n) is 6.27. The lowest BCUT2D eigenvalue weighted by molar-refractivity contribution is -0.0636. The van der Waals surface area contributed by atoms with Gasteiger partial charge in [-0.2, -0.15) is 0 Å². The first-order chi connectivity index (χ1) is 6.64. The van der Waals surface area contributed by atoms with Crippen LogP contribution in [0.25, 0.3) is 0 Å². The second-order valence-corrected chi connectivity index (χ2v) is 6.27. The lowest BCUT2D eigenvalue weighted by atomic mass is 10.1. The molecule has 0 aliphatic heterocycles. The van der Waals surface area contributed by atoms with Gasteiger partial charge < -0.3 is 10.1 Å². The van der Waals surface area contributed by atoms with Gasteiger partial charge in [0.15, 0.2) is 0 Å². The van der Waals surface area contributed by atoms with Gasteiger partial charge in [-0.05, 0) is 48.0 Å². The topological polar surface area (TPSA) is 21.3 Å². The lowest BCUT2D eigenvalue weighted by Gasteiger charge is -2.30. The summed E-state index contributed by atoms with van der Waals surface area (Å²) >= 11 is 0. The summed E-state index contributed by atoms with van der Waals surface area (Å²) in [5.74, 6) is 0. The van der Waals surface area contributed by atoms with Crippen molar-refractivity contribution in [2.45, 2.75) is 78.6 Å². The summed E-state index contributed by atoms with van der Waals surface area (Å²) in [7, 11) is 0. The Hall–Kier alpha value is -0.0800. The van der Waals surface area contributed by atoms with Gasteiger partial charge in [-0.3, -0.25) is 0 Å². The maximum absolute atomic E-state index is 6.01. The van der Waals surface area contributed by atoms with E-state index in [4.69, 9.17) is 4.74 Å². The fourth-order valence-corrected chi connectivity index (χ4v) is 1.44. The molecule has 0 rings (SSSR count).